The Hall–Kier alpha value is -1.33. The van der Waals surface area contributed by atoms with Gasteiger partial charge >= 0.3 is 7.48 Å². The number of nitrogen functional groups attached to an aromatic ring is 1. The molecule has 0 fully saturated rings. The van der Waals surface area contributed by atoms with E-state index < -0.39 is 11.2 Å². The molecular formula is C15H24BN2O2. The quantitative estimate of drug-likeness (QED) is 0.485. The zero-order valence-electron chi connectivity index (χ0n) is 13.2. The molecular weight excluding hydrogens is 251 g/mol. The summed E-state index contributed by atoms with van der Waals surface area (Å²) in [5.41, 5.74) is 7.81. The molecule has 0 saturated carbocycles. The second-order valence-electron chi connectivity index (χ2n) is 6.03. The number of nitrogens with two attached hydrogens (primary N) is 1. The molecule has 1 rings (SSSR count). The Bertz CT molecular complexity index is 505. The van der Waals surface area contributed by atoms with Gasteiger partial charge in [0.2, 0.25) is 0 Å². The summed E-state index contributed by atoms with van der Waals surface area (Å²) in [5, 5.41) is 10.1. The van der Waals surface area contributed by atoms with Crippen LogP contribution in [0.4, 0.5) is 5.69 Å². The summed E-state index contributed by atoms with van der Waals surface area (Å²) in [5.74, 6) is 0. The molecule has 1 aromatic rings. The fourth-order valence-electron chi connectivity index (χ4n) is 1.53. The fraction of sp³-hybridized carbons (Fsp3) is 0.533. The van der Waals surface area contributed by atoms with E-state index in [0.717, 1.165) is 22.3 Å². The molecule has 5 heteroatoms. The minimum atomic E-state index is -0.944. The summed E-state index contributed by atoms with van der Waals surface area (Å²) in [6.45, 7) is 9.10. The zero-order chi connectivity index (χ0) is 15.6. The maximum Gasteiger partial charge on any atom is 0.330 e. The highest BCUT2D eigenvalue weighted by molar-refractivity contribution is 6.47. The van der Waals surface area contributed by atoms with Crippen LogP contribution in [0.2, 0.25) is 0 Å². The van der Waals surface area contributed by atoms with Crippen molar-refractivity contribution in [3.8, 4) is 0 Å². The Morgan fingerprint density at radius 3 is 2.40 bits per heavy atom. The summed E-state index contributed by atoms with van der Waals surface area (Å²) in [4.78, 5) is 4.00. The highest BCUT2D eigenvalue weighted by Gasteiger charge is 2.35. The standard InChI is InChI=1S/C15H24BN2O2/c1-10-7-12(8-11(9-18-6)13(10)17)16-20-15(4,5)14(2,3)19/h7-9,19H,17H2,1-6H3. The van der Waals surface area contributed by atoms with Crippen LogP contribution in [0.25, 0.3) is 0 Å². The number of nitrogens with zero attached hydrogens (tertiary/aromatic N) is 1. The van der Waals surface area contributed by atoms with Gasteiger partial charge in [-0.1, -0.05) is 17.6 Å². The predicted octanol–water partition coefficient (Wildman–Crippen LogP) is 1.44. The molecule has 0 aliphatic heterocycles. The molecule has 0 bridgehead atoms. The molecule has 1 aromatic carbocycles. The van der Waals surface area contributed by atoms with Crippen molar-refractivity contribution in [2.75, 3.05) is 12.8 Å². The van der Waals surface area contributed by atoms with E-state index in [1.54, 1.807) is 34.6 Å². The molecule has 0 heterocycles. The molecule has 0 saturated heterocycles. The summed E-state index contributed by atoms with van der Waals surface area (Å²) in [6.07, 6.45) is 1.72. The molecule has 0 amide bonds. The van der Waals surface area contributed by atoms with Crippen molar-refractivity contribution in [2.45, 2.75) is 45.8 Å². The number of benzene rings is 1. The molecule has 3 N–H and O–H groups in total. The molecule has 0 aliphatic carbocycles. The molecule has 0 unspecified atom stereocenters. The number of aliphatic hydroxyl groups is 1. The molecule has 1 radical (unpaired) electrons. The van der Waals surface area contributed by atoms with Gasteiger partial charge < -0.3 is 15.5 Å². The molecule has 0 aliphatic rings. The van der Waals surface area contributed by atoms with Crippen LogP contribution in [0.3, 0.4) is 0 Å². The van der Waals surface area contributed by atoms with E-state index >= 15 is 0 Å². The summed E-state index contributed by atoms with van der Waals surface area (Å²) >= 11 is 0. The van der Waals surface area contributed by atoms with Gasteiger partial charge in [-0.2, -0.15) is 0 Å². The first kappa shape index (κ1) is 16.7. The van der Waals surface area contributed by atoms with Crippen molar-refractivity contribution in [2.24, 2.45) is 4.99 Å². The van der Waals surface area contributed by atoms with Crippen LogP contribution in [-0.4, -0.2) is 37.1 Å². The average molecular weight is 275 g/mol. The van der Waals surface area contributed by atoms with Crippen molar-refractivity contribution in [3.63, 3.8) is 0 Å². The SMILES string of the molecule is CN=Cc1cc([B]OC(C)(C)C(C)(C)O)cc(C)c1N. The second-order valence-corrected chi connectivity index (χ2v) is 6.03. The van der Waals surface area contributed by atoms with E-state index in [4.69, 9.17) is 10.4 Å². The van der Waals surface area contributed by atoms with Crippen LogP contribution < -0.4 is 11.2 Å². The number of hydrogen-bond donors (Lipinski definition) is 2. The van der Waals surface area contributed by atoms with Crippen molar-refractivity contribution in [1.29, 1.82) is 0 Å². The Labute approximate surface area is 122 Å². The zero-order valence-corrected chi connectivity index (χ0v) is 13.2. The maximum atomic E-state index is 10.1. The monoisotopic (exact) mass is 275 g/mol. The molecule has 0 aromatic heterocycles. The number of hydrogen-bond acceptors (Lipinski definition) is 4. The van der Waals surface area contributed by atoms with Gasteiger partial charge in [0, 0.05) is 24.5 Å². The van der Waals surface area contributed by atoms with Crippen molar-refractivity contribution < 1.29 is 9.76 Å². The first-order chi connectivity index (χ1) is 9.08. The van der Waals surface area contributed by atoms with Gasteiger partial charge in [0.1, 0.15) is 0 Å². The largest absolute Gasteiger partial charge is 0.427 e. The molecule has 109 valence electrons. The molecule has 0 atom stereocenters. The third-order valence-corrected chi connectivity index (χ3v) is 3.67. The smallest absolute Gasteiger partial charge is 0.330 e. The van der Waals surface area contributed by atoms with Crippen LogP contribution in [0.5, 0.6) is 0 Å². The lowest BCUT2D eigenvalue weighted by molar-refractivity contribution is -0.0893. The number of anilines is 1. The van der Waals surface area contributed by atoms with E-state index in [2.05, 4.69) is 4.99 Å². The Balaban J connectivity index is 2.95. The van der Waals surface area contributed by atoms with Gasteiger partial charge in [-0.3, -0.25) is 4.99 Å². The highest BCUT2D eigenvalue weighted by atomic mass is 16.5. The first-order valence-corrected chi connectivity index (χ1v) is 6.64. The lowest BCUT2D eigenvalue weighted by atomic mass is 9.81. The van der Waals surface area contributed by atoms with Crippen LogP contribution in [0, 0.1) is 6.92 Å². The van der Waals surface area contributed by atoms with Gasteiger partial charge in [0.05, 0.1) is 11.2 Å². The van der Waals surface area contributed by atoms with Gasteiger partial charge in [-0.15, -0.1) is 0 Å². The van der Waals surface area contributed by atoms with Crippen LogP contribution in [-0.2, 0) is 4.65 Å². The number of rotatable bonds is 5. The molecule has 4 nitrogen and oxygen atoms in total. The lowest BCUT2D eigenvalue weighted by Crippen LogP contribution is -2.49. The number of aryl methyl sites for hydroxylation is 1. The van der Waals surface area contributed by atoms with Crippen molar-refractivity contribution >= 4 is 24.8 Å². The van der Waals surface area contributed by atoms with Crippen LogP contribution >= 0.6 is 0 Å². The van der Waals surface area contributed by atoms with E-state index in [1.807, 2.05) is 32.9 Å². The van der Waals surface area contributed by atoms with Crippen LogP contribution in [0.1, 0.15) is 38.8 Å². The van der Waals surface area contributed by atoms with Crippen molar-refractivity contribution in [1.82, 2.24) is 0 Å². The minimum absolute atomic E-state index is 0.693. The van der Waals surface area contributed by atoms with Gasteiger partial charge in [-0.05, 0) is 40.2 Å². The normalized spacial score (nSPS) is 12.9. The van der Waals surface area contributed by atoms with E-state index in [9.17, 15) is 5.11 Å². The van der Waals surface area contributed by atoms with Gasteiger partial charge in [-0.25, -0.2) is 0 Å². The van der Waals surface area contributed by atoms with E-state index in [1.165, 1.54) is 0 Å². The molecule has 20 heavy (non-hydrogen) atoms. The average Bonchev–Trinajstić information content (AvgIpc) is 2.31. The van der Waals surface area contributed by atoms with Gasteiger partial charge in [0.25, 0.3) is 0 Å². The topological polar surface area (TPSA) is 67.8 Å². The fourth-order valence-corrected chi connectivity index (χ4v) is 1.53. The van der Waals surface area contributed by atoms with Gasteiger partial charge in [0.15, 0.2) is 0 Å². The third-order valence-electron chi connectivity index (χ3n) is 3.67. The van der Waals surface area contributed by atoms with Crippen LogP contribution in [0.15, 0.2) is 17.1 Å². The molecule has 0 spiro atoms. The van der Waals surface area contributed by atoms with Crippen molar-refractivity contribution in [3.05, 3.63) is 23.3 Å². The Morgan fingerprint density at radius 1 is 1.30 bits per heavy atom. The summed E-state index contributed by atoms with van der Waals surface area (Å²) in [7, 11) is 3.36. The van der Waals surface area contributed by atoms with E-state index in [0.29, 0.717) is 0 Å². The lowest BCUT2D eigenvalue weighted by Gasteiger charge is -2.37. The van der Waals surface area contributed by atoms with E-state index in [-0.39, 0.29) is 0 Å². The second kappa shape index (κ2) is 5.98. The Morgan fingerprint density at radius 2 is 1.90 bits per heavy atom. The minimum Gasteiger partial charge on any atom is -0.427 e. The first-order valence-electron chi connectivity index (χ1n) is 6.64. The number of aliphatic imine (C=N–C) groups is 1. The Kier molecular flexibility index (Phi) is 5.00. The predicted molar refractivity (Wildman–Crippen MR) is 86.0 cm³/mol. The summed E-state index contributed by atoms with van der Waals surface area (Å²) < 4.78 is 5.75. The summed E-state index contributed by atoms with van der Waals surface area (Å²) in [6, 6.07) is 3.86. The maximum absolute atomic E-state index is 10.1. The third kappa shape index (κ3) is 3.84. The highest BCUT2D eigenvalue weighted by Crippen LogP contribution is 2.24.